The van der Waals surface area contributed by atoms with E-state index in [0.717, 1.165) is 6.42 Å². The van der Waals surface area contributed by atoms with E-state index in [0.29, 0.717) is 0 Å². The first-order chi connectivity index (χ1) is 5.57. The molecule has 0 aromatic rings. The fourth-order valence-corrected chi connectivity index (χ4v) is 0.814. The first-order valence-electron chi connectivity index (χ1n) is 4.57. The third-order valence-electron chi connectivity index (χ3n) is 1.93. The van der Waals surface area contributed by atoms with Crippen molar-refractivity contribution in [3.63, 3.8) is 0 Å². The molecule has 12 heavy (non-hydrogen) atoms. The van der Waals surface area contributed by atoms with Crippen molar-refractivity contribution in [3.05, 3.63) is 35.5 Å². The van der Waals surface area contributed by atoms with Crippen LogP contribution in [0.5, 0.6) is 0 Å². The van der Waals surface area contributed by atoms with Crippen molar-refractivity contribution in [1.82, 2.24) is 0 Å². The van der Waals surface area contributed by atoms with Crippen LogP contribution in [0.25, 0.3) is 0 Å². The average Bonchev–Trinajstić information content (AvgIpc) is 2.00. The van der Waals surface area contributed by atoms with Crippen LogP contribution in [0.1, 0.15) is 40.5 Å². The van der Waals surface area contributed by atoms with Crippen molar-refractivity contribution >= 4 is 0 Å². The lowest BCUT2D eigenvalue weighted by Gasteiger charge is -1.97. The normalized spacial score (nSPS) is 10.3. The fourth-order valence-electron chi connectivity index (χ4n) is 0.814. The monoisotopic (exact) mass is 164 g/mol. The van der Waals surface area contributed by atoms with Gasteiger partial charge in [0.1, 0.15) is 0 Å². The zero-order valence-electron chi connectivity index (χ0n) is 8.78. The molecule has 0 spiro atoms. The minimum Gasteiger partial charge on any atom is -0.0958 e. The van der Waals surface area contributed by atoms with Gasteiger partial charge in [0.15, 0.2) is 0 Å². The summed E-state index contributed by atoms with van der Waals surface area (Å²) >= 11 is 0. The largest absolute Gasteiger partial charge is 0.0958 e. The minimum atomic E-state index is 1.10. The molecule has 0 aliphatic rings. The van der Waals surface area contributed by atoms with Gasteiger partial charge in [0.25, 0.3) is 0 Å². The van der Waals surface area contributed by atoms with Crippen LogP contribution in [0.2, 0.25) is 0 Å². The highest BCUT2D eigenvalue weighted by molar-refractivity contribution is 5.27. The first kappa shape index (κ1) is 11.2. The fraction of sp³-hybridized carbons (Fsp3) is 0.500. The van der Waals surface area contributed by atoms with E-state index in [1.165, 1.54) is 23.1 Å². The van der Waals surface area contributed by atoms with Crippen molar-refractivity contribution in [2.75, 3.05) is 0 Å². The lowest BCUT2D eigenvalue weighted by atomic mass is 10.1. The zero-order valence-corrected chi connectivity index (χ0v) is 8.78. The Hall–Kier alpha value is -0.780. The summed E-state index contributed by atoms with van der Waals surface area (Å²) < 4.78 is 0. The number of hydrogen-bond donors (Lipinski definition) is 0. The van der Waals surface area contributed by atoms with Gasteiger partial charge in [0, 0.05) is 0 Å². The third kappa shape index (κ3) is 4.95. The van der Waals surface area contributed by atoms with E-state index in [2.05, 4.69) is 46.4 Å². The second-order valence-corrected chi connectivity index (χ2v) is 3.42. The Kier molecular flexibility index (Phi) is 5.44. The summed E-state index contributed by atoms with van der Waals surface area (Å²) in [5.74, 6) is 0. The summed E-state index contributed by atoms with van der Waals surface area (Å²) in [5.41, 5.74) is 3.93. The van der Waals surface area contributed by atoms with E-state index in [1.54, 1.807) is 0 Å². The highest BCUT2D eigenvalue weighted by Crippen LogP contribution is 2.08. The predicted octanol–water partition coefficient (Wildman–Crippen LogP) is 4.26. The lowest BCUT2D eigenvalue weighted by molar-refractivity contribution is 0.929. The summed E-state index contributed by atoms with van der Waals surface area (Å²) in [7, 11) is 0. The predicted molar refractivity (Wildman–Crippen MR) is 57.2 cm³/mol. The molecule has 0 nitrogen and oxygen atoms in total. The molecule has 0 rings (SSSR count). The molecular formula is C12H20. The molecule has 0 saturated heterocycles. The standard InChI is InChI=1S/C12H20/c1-6-7-11(4)8-9-12(5)10(2)3/h8-9H,4,6-7H2,1-3,5H3/b9-8-. The van der Waals surface area contributed by atoms with E-state index in [-0.39, 0.29) is 0 Å². The van der Waals surface area contributed by atoms with E-state index in [1.807, 2.05) is 0 Å². The van der Waals surface area contributed by atoms with Gasteiger partial charge in [-0.15, -0.1) is 0 Å². The van der Waals surface area contributed by atoms with Crippen molar-refractivity contribution in [1.29, 1.82) is 0 Å². The van der Waals surface area contributed by atoms with Crippen molar-refractivity contribution in [2.45, 2.75) is 40.5 Å². The van der Waals surface area contributed by atoms with Crippen molar-refractivity contribution in [2.24, 2.45) is 0 Å². The van der Waals surface area contributed by atoms with Gasteiger partial charge in [-0.1, -0.05) is 48.8 Å². The maximum absolute atomic E-state index is 3.97. The van der Waals surface area contributed by atoms with Gasteiger partial charge in [-0.05, 0) is 27.2 Å². The smallest absolute Gasteiger partial charge is 0.0287 e. The highest BCUT2D eigenvalue weighted by atomic mass is 13.9. The summed E-state index contributed by atoms with van der Waals surface area (Å²) in [6.45, 7) is 12.5. The van der Waals surface area contributed by atoms with Crippen molar-refractivity contribution in [3.8, 4) is 0 Å². The van der Waals surface area contributed by atoms with Gasteiger partial charge < -0.3 is 0 Å². The molecule has 0 bridgehead atoms. The van der Waals surface area contributed by atoms with Crippen molar-refractivity contribution < 1.29 is 0 Å². The van der Waals surface area contributed by atoms with Crippen LogP contribution in [0.4, 0.5) is 0 Å². The summed E-state index contributed by atoms with van der Waals surface area (Å²) in [5, 5.41) is 0. The number of allylic oxidation sites excluding steroid dienone is 5. The Morgan fingerprint density at radius 3 is 2.17 bits per heavy atom. The average molecular weight is 164 g/mol. The van der Waals surface area contributed by atoms with Gasteiger partial charge >= 0.3 is 0 Å². The molecule has 0 aromatic carbocycles. The molecule has 0 aliphatic carbocycles. The molecule has 0 unspecified atom stereocenters. The van der Waals surface area contributed by atoms with Gasteiger partial charge in [0.05, 0.1) is 0 Å². The highest BCUT2D eigenvalue weighted by Gasteiger charge is 1.87. The Labute approximate surface area is 76.7 Å². The Bertz CT molecular complexity index is 200. The van der Waals surface area contributed by atoms with Gasteiger partial charge in [-0.3, -0.25) is 0 Å². The maximum atomic E-state index is 3.97. The molecule has 0 saturated carbocycles. The topological polar surface area (TPSA) is 0 Å². The second-order valence-electron chi connectivity index (χ2n) is 3.42. The first-order valence-corrected chi connectivity index (χ1v) is 4.57. The van der Waals surface area contributed by atoms with E-state index < -0.39 is 0 Å². The van der Waals surface area contributed by atoms with Crippen LogP contribution in [0, 0.1) is 0 Å². The molecule has 0 radical (unpaired) electrons. The van der Waals surface area contributed by atoms with Gasteiger partial charge in [0.2, 0.25) is 0 Å². The number of hydrogen-bond acceptors (Lipinski definition) is 0. The molecule has 0 atom stereocenters. The summed E-state index contributed by atoms with van der Waals surface area (Å²) in [6, 6.07) is 0. The second kappa shape index (κ2) is 5.82. The molecule has 68 valence electrons. The molecule has 0 aromatic heterocycles. The molecule has 0 aliphatic heterocycles. The zero-order chi connectivity index (χ0) is 9.56. The lowest BCUT2D eigenvalue weighted by Crippen LogP contribution is -1.77. The molecule has 0 heteroatoms. The minimum absolute atomic E-state index is 1.10. The molecular weight excluding hydrogens is 144 g/mol. The van der Waals surface area contributed by atoms with E-state index >= 15 is 0 Å². The van der Waals surface area contributed by atoms with Crippen LogP contribution in [0.3, 0.4) is 0 Å². The summed E-state index contributed by atoms with van der Waals surface area (Å²) in [4.78, 5) is 0. The van der Waals surface area contributed by atoms with Gasteiger partial charge in [-0.2, -0.15) is 0 Å². The number of rotatable bonds is 4. The van der Waals surface area contributed by atoms with Crippen LogP contribution in [0.15, 0.2) is 35.5 Å². The Morgan fingerprint density at radius 2 is 1.75 bits per heavy atom. The van der Waals surface area contributed by atoms with Crippen LogP contribution < -0.4 is 0 Å². The molecule has 0 N–H and O–H groups in total. The van der Waals surface area contributed by atoms with Crippen LogP contribution in [-0.2, 0) is 0 Å². The van der Waals surface area contributed by atoms with E-state index in [4.69, 9.17) is 0 Å². The Balaban J connectivity index is 4.08. The molecule has 0 heterocycles. The molecule has 0 amide bonds. The van der Waals surface area contributed by atoms with E-state index in [9.17, 15) is 0 Å². The van der Waals surface area contributed by atoms with Crippen LogP contribution in [-0.4, -0.2) is 0 Å². The molecule has 0 fully saturated rings. The Morgan fingerprint density at radius 1 is 1.17 bits per heavy atom. The maximum Gasteiger partial charge on any atom is -0.0287 e. The SMILES string of the molecule is C=C(/C=C\C(C)=C(C)C)CCC. The van der Waals surface area contributed by atoms with Gasteiger partial charge in [-0.25, -0.2) is 0 Å². The van der Waals surface area contributed by atoms with Crippen LogP contribution >= 0.6 is 0 Å². The quantitative estimate of drug-likeness (QED) is 0.545. The summed E-state index contributed by atoms with van der Waals surface area (Å²) in [6.07, 6.45) is 6.54. The third-order valence-corrected chi connectivity index (χ3v) is 1.93.